The summed E-state index contributed by atoms with van der Waals surface area (Å²) in [7, 11) is 0. The number of hydrogen-bond acceptors (Lipinski definition) is 3. The highest BCUT2D eigenvalue weighted by molar-refractivity contribution is 6.13. The lowest BCUT2D eigenvalue weighted by Gasteiger charge is -2.19. The summed E-state index contributed by atoms with van der Waals surface area (Å²) in [5.74, 6) is -0.727. The van der Waals surface area contributed by atoms with Crippen molar-refractivity contribution >= 4 is 22.7 Å². The van der Waals surface area contributed by atoms with Gasteiger partial charge in [0.2, 0.25) is 0 Å². The maximum atomic E-state index is 12.1. The molecule has 0 atom stereocenters. The molecule has 0 spiro atoms. The predicted molar refractivity (Wildman–Crippen MR) is 73.1 cm³/mol. The number of Topliss-reactive ketones (excluding diaryl/α,β-unsaturated/α-hetero) is 1. The highest BCUT2D eigenvalue weighted by atomic mass is 16.6. The number of carbonyl (C=O) groups is 2. The predicted octanol–water partition coefficient (Wildman–Crippen LogP) is 3.08. The van der Waals surface area contributed by atoms with E-state index in [9.17, 15) is 9.59 Å². The number of fused-ring (bicyclic) bond motifs is 1. The number of para-hydroxylation sites is 1. The third-order valence-corrected chi connectivity index (χ3v) is 2.61. The van der Waals surface area contributed by atoms with E-state index in [-0.39, 0.29) is 12.2 Å². The van der Waals surface area contributed by atoms with Crippen LogP contribution >= 0.6 is 0 Å². The van der Waals surface area contributed by atoms with Gasteiger partial charge in [-0.05, 0) is 26.8 Å². The Balaban J connectivity index is 2.14. The Morgan fingerprint density at radius 2 is 1.89 bits per heavy atom. The lowest BCUT2D eigenvalue weighted by Crippen LogP contribution is -2.25. The van der Waals surface area contributed by atoms with E-state index in [0.29, 0.717) is 5.56 Å². The Labute approximate surface area is 111 Å². The third kappa shape index (κ3) is 3.22. The summed E-state index contributed by atoms with van der Waals surface area (Å²) in [4.78, 5) is 26.8. The molecular weight excluding hydrogens is 242 g/mol. The number of aromatic amines is 1. The zero-order valence-corrected chi connectivity index (χ0v) is 11.3. The Hall–Kier alpha value is -2.10. The van der Waals surface area contributed by atoms with Crippen LogP contribution in [0, 0.1) is 0 Å². The molecular formula is C15H17NO3. The number of esters is 1. The van der Waals surface area contributed by atoms with E-state index in [1.165, 1.54) is 0 Å². The van der Waals surface area contributed by atoms with Crippen molar-refractivity contribution in [1.82, 2.24) is 4.98 Å². The molecule has 0 saturated heterocycles. The summed E-state index contributed by atoms with van der Waals surface area (Å²) < 4.78 is 5.15. The summed E-state index contributed by atoms with van der Waals surface area (Å²) >= 11 is 0. The quantitative estimate of drug-likeness (QED) is 0.523. The summed E-state index contributed by atoms with van der Waals surface area (Å²) in [5.41, 5.74) is 0.842. The van der Waals surface area contributed by atoms with Crippen LogP contribution in [-0.4, -0.2) is 22.3 Å². The average Bonchev–Trinajstić information content (AvgIpc) is 2.69. The Bertz CT molecular complexity index is 620. The van der Waals surface area contributed by atoms with E-state index >= 15 is 0 Å². The molecule has 1 aromatic heterocycles. The fourth-order valence-corrected chi connectivity index (χ4v) is 1.91. The summed E-state index contributed by atoms with van der Waals surface area (Å²) in [6.07, 6.45) is 1.40. The maximum Gasteiger partial charge on any atom is 0.314 e. The monoisotopic (exact) mass is 259 g/mol. The lowest BCUT2D eigenvalue weighted by molar-refractivity contribution is -0.153. The topological polar surface area (TPSA) is 59.2 Å². The van der Waals surface area contributed by atoms with Gasteiger partial charge in [-0.25, -0.2) is 0 Å². The van der Waals surface area contributed by atoms with Crippen LogP contribution in [0.2, 0.25) is 0 Å². The van der Waals surface area contributed by atoms with E-state index in [1.54, 1.807) is 27.0 Å². The van der Waals surface area contributed by atoms with Crippen molar-refractivity contribution in [3.8, 4) is 0 Å². The molecule has 0 aliphatic carbocycles. The molecule has 4 nitrogen and oxygen atoms in total. The second-order valence-corrected chi connectivity index (χ2v) is 5.43. The highest BCUT2D eigenvalue weighted by Crippen LogP contribution is 2.19. The first-order chi connectivity index (χ1) is 8.87. The zero-order chi connectivity index (χ0) is 14.0. The Morgan fingerprint density at radius 1 is 1.21 bits per heavy atom. The van der Waals surface area contributed by atoms with E-state index in [4.69, 9.17) is 4.74 Å². The summed E-state index contributed by atoms with van der Waals surface area (Å²) in [5, 5.41) is 0.830. The van der Waals surface area contributed by atoms with Crippen molar-refractivity contribution in [1.29, 1.82) is 0 Å². The number of carbonyl (C=O) groups excluding carboxylic acids is 2. The van der Waals surface area contributed by atoms with E-state index in [2.05, 4.69) is 4.98 Å². The molecule has 1 heterocycles. The molecule has 0 saturated carbocycles. The van der Waals surface area contributed by atoms with Gasteiger partial charge in [0.05, 0.1) is 0 Å². The van der Waals surface area contributed by atoms with Crippen LogP contribution in [0.5, 0.6) is 0 Å². The Morgan fingerprint density at radius 3 is 2.58 bits per heavy atom. The SMILES string of the molecule is CC(C)(C)OC(=O)CC(=O)c1c[nH]c2ccccc12. The summed E-state index contributed by atoms with van der Waals surface area (Å²) in [6.45, 7) is 5.34. The molecule has 19 heavy (non-hydrogen) atoms. The van der Waals surface area contributed by atoms with Crippen molar-refractivity contribution < 1.29 is 14.3 Å². The molecule has 0 aliphatic rings. The number of benzene rings is 1. The molecule has 2 aromatic rings. The van der Waals surface area contributed by atoms with Gasteiger partial charge in [-0.2, -0.15) is 0 Å². The minimum Gasteiger partial charge on any atom is -0.460 e. The molecule has 0 aliphatic heterocycles. The normalized spacial score (nSPS) is 11.5. The van der Waals surface area contributed by atoms with Gasteiger partial charge in [-0.3, -0.25) is 9.59 Å². The van der Waals surface area contributed by atoms with Crippen LogP contribution in [0.1, 0.15) is 37.6 Å². The minimum absolute atomic E-state index is 0.230. The van der Waals surface area contributed by atoms with E-state index < -0.39 is 11.6 Å². The Kier molecular flexibility index (Phi) is 3.42. The van der Waals surface area contributed by atoms with Crippen LogP contribution in [0.4, 0.5) is 0 Å². The molecule has 4 heteroatoms. The summed E-state index contributed by atoms with van der Waals surface area (Å²) in [6, 6.07) is 7.50. The van der Waals surface area contributed by atoms with E-state index in [0.717, 1.165) is 10.9 Å². The average molecular weight is 259 g/mol. The van der Waals surface area contributed by atoms with Gasteiger partial charge < -0.3 is 9.72 Å². The second kappa shape index (κ2) is 4.88. The molecule has 0 amide bonds. The molecule has 1 aromatic carbocycles. The maximum absolute atomic E-state index is 12.1. The van der Waals surface area contributed by atoms with Crippen molar-refractivity contribution in [2.45, 2.75) is 32.8 Å². The van der Waals surface area contributed by atoms with Crippen LogP contribution in [-0.2, 0) is 9.53 Å². The number of nitrogens with one attached hydrogen (secondary N) is 1. The van der Waals surface area contributed by atoms with Crippen LogP contribution < -0.4 is 0 Å². The molecule has 0 radical (unpaired) electrons. The lowest BCUT2D eigenvalue weighted by atomic mass is 10.1. The fourth-order valence-electron chi connectivity index (χ4n) is 1.91. The van der Waals surface area contributed by atoms with Gasteiger partial charge in [-0.15, -0.1) is 0 Å². The van der Waals surface area contributed by atoms with Crippen LogP contribution in [0.3, 0.4) is 0 Å². The van der Waals surface area contributed by atoms with Gasteiger partial charge >= 0.3 is 5.97 Å². The van der Waals surface area contributed by atoms with Gasteiger partial charge in [-0.1, -0.05) is 18.2 Å². The molecule has 2 rings (SSSR count). The standard InChI is InChI=1S/C15H17NO3/c1-15(2,3)19-14(18)8-13(17)11-9-16-12-7-5-4-6-10(11)12/h4-7,9,16H,8H2,1-3H3. The van der Waals surface area contributed by atoms with Crippen LogP contribution in [0.15, 0.2) is 30.5 Å². The smallest absolute Gasteiger partial charge is 0.314 e. The first kappa shape index (κ1) is 13.3. The largest absolute Gasteiger partial charge is 0.460 e. The number of ketones is 1. The zero-order valence-electron chi connectivity index (χ0n) is 11.3. The van der Waals surface area contributed by atoms with Gasteiger partial charge in [0.1, 0.15) is 12.0 Å². The van der Waals surface area contributed by atoms with Crippen molar-refractivity contribution in [2.75, 3.05) is 0 Å². The molecule has 0 unspecified atom stereocenters. The first-order valence-electron chi connectivity index (χ1n) is 6.18. The third-order valence-electron chi connectivity index (χ3n) is 2.61. The van der Waals surface area contributed by atoms with Gasteiger partial charge in [0.25, 0.3) is 0 Å². The minimum atomic E-state index is -0.572. The fraction of sp³-hybridized carbons (Fsp3) is 0.333. The second-order valence-electron chi connectivity index (χ2n) is 5.43. The number of aromatic nitrogens is 1. The molecule has 0 bridgehead atoms. The van der Waals surface area contributed by atoms with Crippen molar-refractivity contribution in [2.24, 2.45) is 0 Å². The number of ether oxygens (including phenoxy) is 1. The van der Waals surface area contributed by atoms with Crippen LogP contribution in [0.25, 0.3) is 10.9 Å². The number of H-pyrrole nitrogens is 1. The molecule has 0 fully saturated rings. The van der Waals surface area contributed by atoms with Gasteiger partial charge in [0.15, 0.2) is 5.78 Å². The number of rotatable bonds is 3. The van der Waals surface area contributed by atoms with Gasteiger partial charge in [0, 0.05) is 22.7 Å². The van der Waals surface area contributed by atoms with E-state index in [1.807, 2.05) is 24.3 Å². The first-order valence-corrected chi connectivity index (χ1v) is 6.18. The number of hydrogen-bond donors (Lipinski definition) is 1. The molecule has 1 N–H and O–H groups in total. The van der Waals surface area contributed by atoms with Crippen molar-refractivity contribution in [3.05, 3.63) is 36.0 Å². The van der Waals surface area contributed by atoms with Crippen molar-refractivity contribution in [3.63, 3.8) is 0 Å². The highest BCUT2D eigenvalue weighted by Gasteiger charge is 2.21. The molecule has 100 valence electrons.